The Morgan fingerprint density at radius 1 is 0.538 bits per heavy atom. The maximum atomic E-state index is 14.6. The lowest BCUT2D eigenvalue weighted by Gasteiger charge is -2.48. The van der Waals surface area contributed by atoms with E-state index in [1.807, 2.05) is 0 Å². The van der Waals surface area contributed by atoms with Crippen molar-refractivity contribution in [2.75, 3.05) is 39.4 Å². The van der Waals surface area contributed by atoms with Crippen molar-refractivity contribution in [2.45, 2.75) is 226 Å². The minimum Gasteiger partial charge on any atom is -0.450 e. The van der Waals surface area contributed by atoms with Crippen LogP contribution in [0.15, 0.2) is 109 Å². The lowest BCUT2D eigenvalue weighted by atomic mass is 9.77. The number of aliphatic hydroxyl groups excluding tert-OH is 9. The molecule has 24 atom stereocenters. The molecule has 4 saturated heterocycles. The van der Waals surface area contributed by atoms with Crippen molar-refractivity contribution < 1.29 is 121 Å². The Morgan fingerprint density at radius 3 is 1.70 bits per heavy atom. The second kappa shape index (κ2) is 34.9. The summed E-state index contributed by atoms with van der Waals surface area (Å²) in [5, 5.41) is 108. The summed E-state index contributed by atoms with van der Waals surface area (Å²) in [7, 11) is 0. The van der Waals surface area contributed by atoms with Gasteiger partial charge >= 0.3 is 17.2 Å². The van der Waals surface area contributed by atoms with Gasteiger partial charge in [0.15, 0.2) is 25.0 Å². The molecule has 7 fully saturated rings. The van der Waals surface area contributed by atoms with E-state index < -0.39 is 195 Å². The molecule has 4 aliphatic heterocycles. The van der Waals surface area contributed by atoms with Crippen LogP contribution in [0, 0.1) is 23.7 Å². The zero-order valence-corrected chi connectivity index (χ0v) is 57.8. The van der Waals surface area contributed by atoms with Crippen LogP contribution in [0.4, 0.5) is 0 Å². The minimum absolute atomic E-state index is 0.0521. The van der Waals surface area contributed by atoms with Gasteiger partial charge in [-0.1, -0.05) is 93.6 Å². The van der Waals surface area contributed by atoms with E-state index in [1.54, 1.807) is 84.6 Å². The van der Waals surface area contributed by atoms with Crippen LogP contribution in [0.5, 0.6) is 0 Å². The number of para-hydroxylation sites is 2. The van der Waals surface area contributed by atoms with Crippen molar-refractivity contribution in [3.05, 3.63) is 129 Å². The first-order valence-corrected chi connectivity index (χ1v) is 36.1. The smallest absolute Gasteiger partial charge is 0.341 e. The Kier molecular flexibility index (Phi) is 25.8. The second-order valence-corrected chi connectivity index (χ2v) is 28.5. The zero-order chi connectivity index (χ0) is 73.5. The zero-order valence-electron chi connectivity index (χ0n) is 57.8. The van der Waals surface area contributed by atoms with Crippen LogP contribution >= 0.6 is 0 Å². The number of benzene rings is 3. The summed E-state index contributed by atoms with van der Waals surface area (Å²) in [6, 6.07) is 24.7. The molecule has 3 aliphatic carbocycles. The Morgan fingerprint density at radius 2 is 1.09 bits per heavy atom. The van der Waals surface area contributed by atoms with Crippen molar-refractivity contribution in [1.82, 2.24) is 15.5 Å². The first kappa shape index (κ1) is 76.9. The number of nitrogens with zero attached hydrogens (tertiary/aromatic N) is 1. The molecule has 5 aromatic rings. The monoisotopic (exact) mass is 1460 g/mol. The molecule has 30 heteroatoms. The number of fused-ring (bicyclic) bond motifs is 2. The molecule has 12 rings (SSSR count). The quantitative estimate of drug-likeness (QED) is 0.0210. The fourth-order valence-electron chi connectivity index (χ4n) is 15.2. The highest BCUT2D eigenvalue weighted by atomic mass is 16.8. The Bertz CT molecular complexity index is 3820. The molecule has 6 heterocycles. The van der Waals surface area contributed by atoms with Gasteiger partial charge in [-0.05, 0) is 93.7 Å². The Hall–Kier alpha value is -6.76. The molecule has 3 amide bonds. The molecule has 30 nitrogen and oxygen atoms in total. The van der Waals surface area contributed by atoms with E-state index in [0.717, 1.165) is 38.5 Å². The molecule has 0 radical (unpaired) electrons. The summed E-state index contributed by atoms with van der Waals surface area (Å²) in [5.41, 5.74) is -0.544. The summed E-state index contributed by atoms with van der Waals surface area (Å²) in [6.45, 7) is 1.48. The summed E-state index contributed by atoms with van der Waals surface area (Å²) in [5.74, 6) is -4.77. The third kappa shape index (κ3) is 17.8. The summed E-state index contributed by atoms with van der Waals surface area (Å²) < 4.78 is 74.0. The van der Waals surface area contributed by atoms with Crippen LogP contribution in [0.1, 0.15) is 106 Å². The SMILES string of the molecule is CC1CC(C(=O)NCCNC(=O)C2CC(OCc3cc4ccccc4oc3=O)C(O)[C@H](O[C@@H]3OC(CO)[C@H](O)C(OCc4cc5ccccc5oc4=O)C3O)C2)C[C@@H](O[C@@H]2OC(CO)[C@H](O)C(O[C@@H](CC3CCCCC3)C(=O)N3CCC3)C2OC(=O)c2ccccc2)C1O[C@@H]1OC(C)[C@@H](O)C(O)C1O. The van der Waals surface area contributed by atoms with E-state index in [0.29, 0.717) is 41.4 Å². The number of amides is 3. The predicted octanol–water partition coefficient (Wildman–Crippen LogP) is 1.10. The molecule has 15 unspecified atom stereocenters. The molecule has 2 aromatic heterocycles. The van der Waals surface area contributed by atoms with Crippen LogP contribution in [0.25, 0.3) is 21.9 Å². The number of aliphatic hydroxyl groups is 9. The molecule has 0 bridgehead atoms. The lowest BCUT2D eigenvalue weighted by Crippen LogP contribution is -2.64. The molecular formula is C74H95N3O27. The molecule has 568 valence electrons. The van der Waals surface area contributed by atoms with E-state index in [1.165, 1.54) is 25.1 Å². The number of nitrogens with one attached hydrogen (secondary N) is 2. The number of esters is 1. The van der Waals surface area contributed by atoms with Gasteiger partial charge in [-0.2, -0.15) is 0 Å². The summed E-state index contributed by atoms with van der Waals surface area (Å²) >= 11 is 0. The topological polar surface area (TPSA) is 430 Å². The highest BCUT2D eigenvalue weighted by Gasteiger charge is 2.55. The number of rotatable bonds is 26. The van der Waals surface area contributed by atoms with Crippen molar-refractivity contribution in [3.8, 4) is 0 Å². The maximum absolute atomic E-state index is 14.6. The van der Waals surface area contributed by atoms with Crippen LogP contribution in [-0.2, 0) is 75.0 Å². The molecule has 7 aliphatic rings. The number of hydrogen-bond donors (Lipinski definition) is 11. The van der Waals surface area contributed by atoms with Crippen molar-refractivity contribution in [3.63, 3.8) is 0 Å². The third-order valence-corrected chi connectivity index (χ3v) is 21.3. The normalized spacial score (nSPS) is 34.5. The molecule has 0 spiro atoms. The van der Waals surface area contributed by atoms with Gasteiger partial charge in [0.05, 0.1) is 73.6 Å². The number of carbonyl (C=O) groups excluding carboxylic acids is 4. The lowest BCUT2D eigenvalue weighted by molar-refractivity contribution is -0.349. The van der Waals surface area contributed by atoms with E-state index in [2.05, 4.69) is 10.6 Å². The number of carbonyl (C=O) groups is 4. The fraction of sp³-hybridized carbons (Fsp3) is 0.622. The Balaban J connectivity index is 0.756. The van der Waals surface area contributed by atoms with Gasteiger partial charge in [0.25, 0.3) is 5.91 Å². The average Bonchev–Trinajstić information content (AvgIpc) is 1.45. The van der Waals surface area contributed by atoms with Crippen LogP contribution in [0.3, 0.4) is 0 Å². The van der Waals surface area contributed by atoms with Gasteiger partial charge in [-0.15, -0.1) is 0 Å². The Labute approximate surface area is 598 Å². The van der Waals surface area contributed by atoms with Gasteiger partial charge in [-0.25, -0.2) is 14.4 Å². The molecule has 11 N–H and O–H groups in total. The largest absolute Gasteiger partial charge is 0.450 e. The molecule has 104 heavy (non-hydrogen) atoms. The van der Waals surface area contributed by atoms with Gasteiger partial charge in [0.2, 0.25) is 11.8 Å². The summed E-state index contributed by atoms with van der Waals surface area (Å²) in [6.07, 6.45) is -26.1. The van der Waals surface area contributed by atoms with Crippen molar-refractivity contribution in [1.29, 1.82) is 0 Å². The standard InChI is InChI=1S/C74H95N3O27/c1-37-26-43(32-51(62(37)104-72-60(85)59(84)55(80)38(2)95-72)100-74-65(103-69(90)40-16-7-4-8-17-40)64(58(83)54(34-79)102-74)96-52(68(89)77-24-13-25-77)27-39-14-5-3-6-15-39)66(87)75-22-23-76-67(88)44-30-49(93-35-45-28-41-18-9-11-20-47(41)97-70(45)91)56(81)50(31-44)99-73-61(86)63(57(82)53(33-78)101-73)94-36-46-29-42-19-10-12-21-48(42)98-71(46)92/h4,7-12,16-21,28-29,37-39,43-44,49-65,72-74,78-86H,3,5-6,13-15,22-27,30-36H2,1-2H3,(H,75,87)(H,76,88)/t37?,38?,43?,44?,49?,50-,51-,52+,53?,54?,55-,56?,57+,58+,59?,60?,61?,62?,63?,64?,65?,72+,73-,74-/m1/s1. The minimum atomic E-state index is -1.83. The molecular weight excluding hydrogens is 1360 g/mol. The average molecular weight is 1460 g/mol. The first-order valence-electron chi connectivity index (χ1n) is 36.1. The van der Waals surface area contributed by atoms with Gasteiger partial charge in [0.1, 0.15) is 84.4 Å². The van der Waals surface area contributed by atoms with Gasteiger partial charge in [-0.3, -0.25) is 14.4 Å². The molecule has 3 saturated carbocycles. The highest BCUT2D eigenvalue weighted by Crippen LogP contribution is 2.41. The van der Waals surface area contributed by atoms with Crippen LogP contribution in [-0.4, -0.2) is 243 Å². The first-order chi connectivity index (χ1) is 50.1. The van der Waals surface area contributed by atoms with Crippen molar-refractivity contribution >= 4 is 45.6 Å². The van der Waals surface area contributed by atoms with E-state index in [4.69, 9.17) is 56.2 Å². The van der Waals surface area contributed by atoms with E-state index in [9.17, 15) is 74.7 Å². The highest BCUT2D eigenvalue weighted by molar-refractivity contribution is 5.89. The third-order valence-electron chi connectivity index (χ3n) is 21.3. The number of ether oxygens (including phenoxy) is 10. The predicted molar refractivity (Wildman–Crippen MR) is 362 cm³/mol. The number of likely N-dealkylation sites (tertiary alicyclic amines) is 1. The fourth-order valence-corrected chi connectivity index (χ4v) is 15.2. The van der Waals surface area contributed by atoms with Crippen LogP contribution in [0.2, 0.25) is 0 Å². The summed E-state index contributed by atoms with van der Waals surface area (Å²) in [4.78, 5) is 85.6. The second-order valence-electron chi connectivity index (χ2n) is 28.5. The number of hydrogen-bond acceptors (Lipinski definition) is 27. The van der Waals surface area contributed by atoms with E-state index in [-0.39, 0.29) is 73.9 Å². The van der Waals surface area contributed by atoms with Gasteiger partial charge in [0, 0.05) is 48.8 Å². The maximum Gasteiger partial charge on any atom is 0.341 e. The van der Waals surface area contributed by atoms with E-state index >= 15 is 0 Å². The van der Waals surface area contributed by atoms with Crippen LogP contribution < -0.4 is 21.9 Å². The molecule has 3 aromatic carbocycles. The van der Waals surface area contributed by atoms with Crippen molar-refractivity contribution in [2.24, 2.45) is 23.7 Å². The van der Waals surface area contributed by atoms with Gasteiger partial charge < -0.3 is 118 Å².